The number of amides is 1. The van der Waals surface area contributed by atoms with Crippen molar-refractivity contribution in [2.45, 2.75) is 52.6 Å². The maximum atomic E-state index is 14.0. The van der Waals surface area contributed by atoms with Gasteiger partial charge in [-0.25, -0.2) is 9.18 Å². The van der Waals surface area contributed by atoms with E-state index in [-0.39, 0.29) is 17.9 Å². The van der Waals surface area contributed by atoms with Gasteiger partial charge in [0.2, 0.25) is 0 Å². The minimum absolute atomic E-state index is 0.262. The number of nitrogens with one attached hydrogen (secondary N) is 1. The molecular weight excluding hydrogens is 443 g/mol. The molecule has 1 N–H and O–H groups in total. The molecule has 6 nitrogen and oxygen atoms in total. The first-order valence-electron chi connectivity index (χ1n) is 9.90. The summed E-state index contributed by atoms with van der Waals surface area (Å²) in [5, 5.41) is 3.07. The zero-order valence-corrected chi connectivity index (χ0v) is 19.1. The summed E-state index contributed by atoms with van der Waals surface area (Å²) in [5.41, 5.74) is -0.878. The number of ether oxygens (including phenoxy) is 2. The van der Waals surface area contributed by atoms with Crippen molar-refractivity contribution >= 4 is 33.7 Å². The number of carbonyl (C=O) groups is 2. The molecule has 0 bridgehead atoms. The Bertz CT molecular complexity index is 728. The minimum atomic E-state index is -0.701. The number of anilines is 1. The first kappa shape index (κ1) is 23.4. The van der Waals surface area contributed by atoms with Crippen molar-refractivity contribution in [1.29, 1.82) is 0 Å². The maximum absolute atomic E-state index is 14.0. The normalized spacial score (nSPS) is 16.3. The van der Waals surface area contributed by atoms with E-state index < -0.39 is 11.0 Å². The molecule has 1 aliphatic heterocycles. The van der Waals surface area contributed by atoms with E-state index in [9.17, 15) is 14.0 Å². The van der Waals surface area contributed by atoms with Gasteiger partial charge < -0.3 is 19.7 Å². The highest BCUT2D eigenvalue weighted by Gasteiger charge is 2.43. The maximum Gasteiger partial charge on any atom is 0.410 e. The van der Waals surface area contributed by atoms with Crippen LogP contribution in [0.15, 0.2) is 22.7 Å². The molecule has 0 spiro atoms. The fourth-order valence-corrected chi connectivity index (χ4v) is 3.69. The number of benzene rings is 1. The van der Waals surface area contributed by atoms with E-state index in [0.29, 0.717) is 55.7 Å². The SMILES string of the molecule is CCOC(=O)C1(CCNc2ccc(Br)cc2F)CCN(C(=O)OC(C)(C)C)CC1. The highest BCUT2D eigenvalue weighted by Crippen LogP contribution is 2.37. The second-order valence-corrected chi connectivity index (χ2v) is 9.18. The number of esters is 1. The number of nitrogens with zero attached hydrogens (tertiary/aromatic N) is 1. The number of halogens is 2. The number of hydrogen-bond donors (Lipinski definition) is 1. The molecular formula is C21H30BrFN2O4. The Morgan fingerprint density at radius 3 is 2.48 bits per heavy atom. The zero-order valence-electron chi connectivity index (χ0n) is 17.5. The fraction of sp³-hybridized carbons (Fsp3) is 0.619. The van der Waals surface area contributed by atoms with Crippen LogP contribution in [0.1, 0.15) is 47.0 Å². The average molecular weight is 473 g/mol. The van der Waals surface area contributed by atoms with E-state index in [1.54, 1.807) is 24.0 Å². The summed E-state index contributed by atoms with van der Waals surface area (Å²) in [4.78, 5) is 26.7. The van der Waals surface area contributed by atoms with E-state index in [4.69, 9.17) is 9.47 Å². The Labute approximate surface area is 180 Å². The molecule has 0 unspecified atom stereocenters. The quantitative estimate of drug-likeness (QED) is 0.591. The molecule has 8 heteroatoms. The van der Waals surface area contributed by atoms with Crippen molar-refractivity contribution in [1.82, 2.24) is 4.90 Å². The first-order valence-corrected chi connectivity index (χ1v) is 10.7. The van der Waals surface area contributed by atoms with Crippen LogP contribution in [0.3, 0.4) is 0 Å². The van der Waals surface area contributed by atoms with Crippen molar-refractivity contribution < 1.29 is 23.5 Å². The van der Waals surface area contributed by atoms with Gasteiger partial charge >= 0.3 is 12.1 Å². The zero-order chi connectivity index (χ0) is 21.7. The third kappa shape index (κ3) is 6.59. The van der Waals surface area contributed by atoms with E-state index in [1.807, 2.05) is 20.8 Å². The van der Waals surface area contributed by atoms with Gasteiger partial charge in [0.1, 0.15) is 11.4 Å². The Kier molecular flexibility index (Phi) is 7.91. The number of carbonyl (C=O) groups excluding carboxylic acids is 2. The van der Waals surface area contributed by atoms with Crippen LogP contribution in [0.25, 0.3) is 0 Å². The summed E-state index contributed by atoms with van der Waals surface area (Å²) in [7, 11) is 0. The molecule has 0 atom stereocenters. The second kappa shape index (κ2) is 9.78. The topological polar surface area (TPSA) is 67.9 Å². The molecule has 1 heterocycles. The standard InChI is InChI=1S/C21H30BrFN2O4/c1-5-28-18(26)21(8-11-24-17-7-6-15(22)14-16(17)23)9-12-25(13-10-21)19(27)29-20(2,3)4/h6-7,14,24H,5,8-13H2,1-4H3. The van der Waals surface area contributed by atoms with Crippen LogP contribution >= 0.6 is 15.9 Å². The van der Waals surface area contributed by atoms with Crippen LogP contribution < -0.4 is 5.32 Å². The van der Waals surface area contributed by atoms with Gasteiger partial charge in [-0.05, 0) is 65.2 Å². The second-order valence-electron chi connectivity index (χ2n) is 8.27. The highest BCUT2D eigenvalue weighted by atomic mass is 79.9. The molecule has 1 aromatic carbocycles. The molecule has 1 aliphatic rings. The van der Waals surface area contributed by atoms with Gasteiger partial charge in [0.15, 0.2) is 0 Å². The first-order chi connectivity index (χ1) is 13.6. The summed E-state index contributed by atoms with van der Waals surface area (Å²) in [5.74, 6) is -0.619. The van der Waals surface area contributed by atoms with Crippen LogP contribution in [0.5, 0.6) is 0 Å². The predicted molar refractivity (Wildman–Crippen MR) is 113 cm³/mol. The highest BCUT2D eigenvalue weighted by molar-refractivity contribution is 9.10. The minimum Gasteiger partial charge on any atom is -0.466 e. The number of rotatable bonds is 6. The molecule has 1 fully saturated rings. The van der Waals surface area contributed by atoms with Crippen LogP contribution in [0, 0.1) is 11.2 Å². The molecule has 162 valence electrons. The monoisotopic (exact) mass is 472 g/mol. The lowest BCUT2D eigenvalue weighted by molar-refractivity contribution is -0.159. The Hall–Kier alpha value is -1.83. The van der Waals surface area contributed by atoms with Crippen LogP contribution in [0.2, 0.25) is 0 Å². The molecule has 0 radical (unpaired) electrons. The summed E-state index contributed by atoms with van der Waals surface area (Å²) >= 11 is 3.24. The number of likely N-dealkylation sites (tertiary alicyclic amines) is 1. The van der Waals surface area contributed by atoms with Gasteiger partial charge in [-0.3, -0.25) is 4.79 Å². The van der Waals surface area contributed by atoms with Gasteiger partial charge in [-0.15, -0.1) is 0 Å². The van der Waals surface area contributed by atoms with Crippen LogP contribution in [0.4, 0.5) is 14.9 Å². The van der Waals surface area contributed by atoms with Crippen LogP contribution in [-0.4, -0.2) is 48.8 Å². The van der Waals surface area contributed by atoms with Crippen molar-refractivity contribution in [3.63, 3.8) is 0 Å². The van der Waals surface area contributed by atoms with E-state index >= 15 is 0 Å². The van der Waals surface area contributed by atoms with Gasteiger partial charge in [-0.1, -0.05) is 15.9 Å². The van der Waals surface area contributed by atoms with Gasteiger partial charge in [0.05, 0.1) is 17.7 Å². The summed E-state index contributed by atoms with van der Waals surface area (Å²) in [6, 6.07) is 4.80. The van der Waals surface area contributed by atoms with Crippen molar-refractivity contribution in [3.05, 3.63) is 28.5 Å². The van der Waals surface area contributed by atoms with Crippen molar-refractivity contribution in [2.24, 2.45) is 5.41 Å². The lowest BCUT2D eigenvalue weighted by atomic mass is 9.75. The average Bonchev–Trinajstić information content (AvgIpc) is 2.63. The van der Waals surface area contributed by atoms with E-state index in [2.05, 4.69) is 21.2 Å². The molecule has 2 rings (SSSR count). The number of piperidine rings is 1. The lowest BCUT2D eigenvalue weighted by Crippen LogP contribution is -2.49. The van der Waals surface area contributed by atoms with E-state index in [1.165, 1.54) is 6.07 Å². The third-order valence-electron chi connectivity index (χ3n) is 4.93. The fourth-order valence-electron chi connectivity index (χ4n) is 3.35. The van der Waals surface area contributed by atoms with Crippen molar-refractivity contribution in [2.75, 3.05) is 31.6 Å². The predicted octanol–water partition coefficient (Wildman–Crippen LogP) is 4.97. The van der Waals surface area contributed by atoms with Crippen LogP contribution in [-0.2, 0) is 14.3 Å². The summed E-state index contributed by atoms with van der Waals surface area (Å²) in [6.07, 6.45) is 1.08. The Morgan fingerprint density at radius 1 is 1.28 bits per heavy atom. The third-order valence-corrected chi connectivity index (χ3v) is 5.42. The summed E-state index contributed by atoms with van der Waals surface area (Å²) in [6.45, 7) is 8.80. The molecule has 0 aliphatic carbocycles. The summed E-state index contributed by atoms with van der Waals surface area (Å²) < 4.78 is 25.4. The smallest absolute Gasteiger partial charge is 0.410 e. The Balaban J connectivity index is 2.01. The van der Waals surface area contributed by atoms with Gasteiger partial charge in [0, 0.05) is 24.1 Å². The van der Waals surface area contributed by atoms with Gasteiger partial charge in [-0.2, -0.15) is 0 Å². The van der Waals surface area contributed by atoms with E-state index in [0.717, 1.165) is 0 Å². The van der Waals surface area contributed by atoms with Gasteiger partial charge in [0.25, 0.3) is 0 Å². The lowest BCUT2D eigenvalue weighted by Gasteiger charge is -2.40. The number of hydrogen-bond acceptors (Lipinski definition) is 5. The Morgan fingerprint density at radius 2 is 1.93 bits per heavy atom. The molecule has 0 saturated carbocycles. The van der Waals surface area contributed by atoms with Crippen molar-refractivity contribution in [3.8, 4) is 0 Å². The largest absolute Gasteiger partial charge is 0.466 e. The molecule has 1 saturated heterocycles. The molecule has 29 heavy (non-hydrogen) atoms. The molecule has 1 amide bonds. The molecule has 1 aromatic rings. The molecule has 0 aromatic heterocycles.